The monoisotopic (exact) mass is 310 g/mol. The number of ketones is 1. The van der Waals surface area contributed by atoms with E-state index in [4.69, 9.17) is 4.74 Å². The molecule has 0 aliphatic carbocycles. The van der Waals surface area contributed by atoms with Gasteiger partial charge in [-0.25, -0.2) is 0 Å². The molecule has 0 saturated carbocycles. The number of carbonyl (C=O) groups is 1. The topological polar surface area (TPSA) is 44.1 Å². The van der Waals surface area contributed by atoms with Crippen LogP contribution in [0.2, 0.25) is 0 Å². The third-order valence-corrected chi connectivity index (χ3v) is 3.55. The van der Waals surface area contributed by atoms with Crippen molar-refractivity contribution in [3.05, 3.63) is 35.5 Å². The zero-order valence-corrected chi connectivity index (χ0v) is 11.8. The molecule has 0 spiro atoms. The Labute approximate surface area is 124 Å². The quantitative estimate of drug-likeness (QED) is 0.810. The molecule has 0 bridgehead atoms. The molecule has 0 amide bonds. The van der Waals surface area contributed by atoms with E-state index in [9.17, 15) is 18.0 Å². The van der Waals surface area contributed by atoms with E-state index in [0.717, 1.165) is 6.07 Å². The highest BCUT2D eigenvalue weighted by molar-refractivity contribution is 5.99. The highest BCUT2D eigenvalue weighted by atomic mass is 19.4. The molecule has 3 rings (SSSR count). The third-order valence-electron chi connectivity index (χ3n) is 3.55. The standard InChI is InChI=1S/C15H13F3N2O2/c1-20-11(8-14(19-20)15(16,17)18)9-4-5-10-12(21)3-2-6-22-13(10)7-9/h4-5,7-8H,2-3,6H2,1H3. The van der Waals surface area contributed by atoms with Crippen LogP contribution in [0.3, 0.4) is 0 Å². The summed E-state index contributed by atoms with van der Waals surface area (Å²) in [5.74, 6) is 0.398. The number of hydrogen-bond donors (Lipinski definition) is 0. The normalized spacial score (nSPS) is 15.2. The second-order valence-corrected chi connectivity index (χ2v) is 5.12. The molecule has 1 aliphatic rings. The van der Waals surface area contributed by atoms with Crippen LogP contribution in [0.15, 0.2) is 24.3 Å². The number of halogens is 3. The lowest BCUT2D eigenvalue weighted by Gasteiger charge is -2.09. The number of nitrogens with zero attached hydrogens (tertiary/aromatic N) is 2. The molecular weight excluding hydrogens is 297 g/mol. The molecule has 7 heteroatoms. The molecule has 0 saturated heterocycles. The number of alkyl halides is 3. The predicted molar refractivity (Wildman–Crippen MR) is 72.7 cm³/mol. The Bertz CT molecular complexity index is 735. The summed E-state index contributed by atoms with van der Waals surface area (Å²) < 4.78 is 44.9. The van der Waals surface area contributed by atoms with Crippen molar-refractivity contribution in [2.75, 3.05) is 6.61 Å². The zero-order valence-electron chi connectivity index (χ0n) is 11.8. The highest BCUT2D eigenvalue weighted by Gasteiger charge is 2.34. The minimum Gasteiger partial charge on any atom is -0.493 e. The lowest BCUT2D eigenvalue weighted by molar-refractivity contribution is -0.141. The third kappa shape index (κ3) is 2.58. The zero-order chi connectivity index (χ0) is 15.9. The first-order valence-electron chi connectivity index (χ1n) is 6.78. The molecule has 0 radical (unpaired) electrons. The Balaban J connectivity index is 2.05. The van der Waals surface area contributed by atoms with E-state index >= 15 is 0 Å². The molecule has 1 aromatic heterocycles. The van der Waals surface area contributed by atoms with Crippen LogP contribution in [0.1, 0.15) is 28.9 Å². The molecular formula is C15H13F3N2O2. The van der Waals surface area contributed by atoms with Gasteiger partial charge in [-0.3, -0.25) is 9.48 Å². The summed E-state index contributed by atoms with van der Waals surface area (Å²) in [4.78, 5) is 11.9. The Hall–Kier alpha value is -2.31. The first-order chi connectivity index (χ1) is 10.4. The van der Waals surface area contributed by atoms with Crippen LogP contribution >= 0.6 is 0 Å². The maximum Gasteiger partial charge on any atom is 0.435 e. The van der Waals surface area contributed by atoms with Crippen molar-refractivity contribution in [3.8, 4) is 17.0 Å². The predicted octanol–water partition coefficient (Wildman–Crippen LogP) is 3.46. The maximum absolute atomic E-state index is 12.7. The minimum absolute atomic E-state index is 0.0139. The molecule has 0 unspecified atom stereocenters. The van der Waals surface area contributed by atoms with Crippen molar-refractivity contribution in [2.24, 2.45) is 7.05 Å². The van der Waals surface area contributed by atoms with Gasteiger partial charge in [0.15, 0.2) is 11.5 Å². The van der Waals surface area contributed by atoms with Gasteiger partial charge in [-0.2, -0.15) is 18.3 Å². The highest BCUT2D eigenvalue weighted by Crippen LogP contribution is 2.34. The Morgan fingerprint density at radius 3 is 2.73 bits per heavy atom. The number of fused-ring (bicyclic) bond motifs is 1. The number of carbonyl (C=O) groups excluding carboxylic acids is 1. The van der Waals surface area contributed by atoms with E-state index in [1.165, 1.54) is 11.7 Å². The molecule has 2 heterocycles. The summed E-state index contributed by atoms with van der Waals surface area (Å²) in [7, 11) is 1.45. The maximum atomic E-state index is 12.7. The van der Waals surface area contributed by atoms with Crippen molar-refractivity contribution in [1.82, 2.24) is 9.78 Å². The lowest BCUT2D eigenvalue weighted by atomic mass is 10.0. The SMILES string of the molecule is Cn1nc(C(F)(F)F)cc1-c1ccc2c(c1)OCCCC2=O. The van der Waals surface area contributed by atoms with Gasteiger partial charge >= 0.3 is 6.18 Å². The molecule has 4 nitrogen and oxygen atoms in total. The first-order valence-corrected chi connectivity index (χ1v) is 6.78. The summed E-state index contributed by atoms with van der Waals surface area (Å²) in [5.41, 5.74) is 0.366. The van der Waals surface area contributed by atoms with Crippen LogP contribution in [0.4, 0.5) is 13.2 Å². The van der Waals surface area contributed by atoms with Crippen LogP contribution in [-0.4, -0.2) is 22.2 Å². The molecule has 0 fully saturated rings. The Kier molecular flexibility index (Phi) is 3.42. The second kappa shape index (κ2) is 5.15. The van der Waals surface area contributed by atoms with Gasteiger partial charge in [-0.05, 0) is 24.6 Å². The van der Waals surface area contributed by atoms with E-state index < -0.39 is 11.9 Å². The average molecular weight is 310 g/mol. The van der Waals surface area contributed by atoms with Crippen LogP contribution in [0.5, 0.6) is 5.75 Å². The Morgan fingerprint density at radius 1 is 1.27 bits per heavy atom. The van der Waals surface area contributed by atoms with Gasteiger partial charge in [0.1, 0.15) is 5.75 Å². The molecule has 0 N–H and O–H groups in total. The molecule has 1 aromatic carbocycles. The fourth-order valence-electron chi connectivity index (χ4n) is 2.46. The van der Waals surface area contributed by atoms with Crippen molar-refractivity contribution in [2.45, 2.75) is 19.0 Å². The van der Waals surface area contributed by atoms with Gasteiger partial charge in [0.2, 0.25) is 0 Å². The average Bonchev–Trinajstić information content (AvgIpc) is 2.75. The largest absolute Gasteiger partial charge is 0.493 e. The van der Waals surface area contributed by atoms with E-state index in [-0.39, 0.29) is 5.78 Å². The van der Waals surface area contributed by atoms with Gasteiger partial charge < -0.3 is 4.74 Å². The van der Waals surface area contributed by atoms with Crippen molar-refractivity contribution < 1.29 is 22.7 Å². The minimum atomic E-state index is -4.49. The van der Waals surface area contributed by atoms with Crippen molar-refractivity contribution in [1.29, 1.82) is 0 Å². The van der Waals surface area contributed by atoms with E-state index in [2.05, 4.69) is 5.10 Å². The van der Waals surface area contributed by atoms with Crippen LogP contribution in [0, 0.1) is 0 Å². The fourth-order valence-corrected chi connectivity index (χ4v) is 2.46. The number of hydrogen-bond acceptors (Lipinski definition) is 3. The number of Topliss-reactive ketones (excluding diaryl/α,β-unsaturated/α-hetero) is 1. The smallest absolute Gasteiger partial charge is 0.435 e. The molecule has 1 aliphatic heterocycles. The van der Waals surface area contributed by atoms with Crippen molar-refractivity contribution in [3.63, 3.8) is 0 Å². The summed E-state index contributed by atoms with van der Waals surface area (Å²) in [6, 6.07) is 5.79. The summed E-state index contributed by atoms with van der Waals surface area (Å²) in [6.45, 7) is 0.418. The van der Waals surface area contributed by atoms with Crippen LogP contribution < -0.4 is 4.74 Å². The van der Waals surface area contributed by atoms with E-state index in [1.54, 1.807) is 18.2 Å². The molecule has 116 valence electrons. The summed E-state index contributed by atoms with van der Waals surface area (Å²) in [5, 5.41) is 3.49. The molecule has 2 aromatic rings. The Morgan fingerprint density at radius 2 is 2.05 bits per heavy atom. The molecule has 0 atom stereocenters. The van der Waals surface area contributed by atoms with Gasteiger partial charge in [-0.15, -0.1) is 0 Å². The number of aromatic nitrogens is 2. The van der Waals surface area contributed by atoms with Gasteiger partial charge in [0, 0.05) is 19.0 Å². The van der Waals surface area contributed by atoms with Gasteiger partial charge in [-0.1, -0.05) is 6.07 Å². The fraction of sp³-hybridized carbons (Fsp3) is 0.333. The second-order valence-electron chi connectivity index (χ2n) is 5.12. The number of benzene rings is 1. The summed E-state index contributed by atoms with van der Waals surface area (Å²) >= 11 is 0. The summed E-state index contributed by atoms with van der Waals surface area (Å²) in [6.07, 6.45) is -3.45. The van der Waals surface area contributed by atoms with Gasteiger partial charge in [0.05, 0.1) is 17.9 Å². The van der Waals surface area contributed by atoms with E-state index in [1.807, 2.05) is 0 Å². The van der Waals surface area contributed by atoms with Crippen molar-refractivity contribution >= 4 is 5.78 Å². The van der Waals surface area contributed by atoms with E-state index in [0.29, 0.717) is 42.0 Å². The number of rotatable bonds is 1. The van der Waals surface area contributed by atoms with Crippen LogP contribution in [0.25, 0.3) is 11.3 Å². The first kappa shape index (κ1) is 14.6. The lowest BCUT2D eigenvalue weighted by Crippen LogP contribution is -2.06. The van der Waals surface area contributed by atoms with Gasteiger partial charge in [0.25, 0.3) is 0 Å². The number of aryl methyl sites for hydroxylation is 1. The van der Waals surface area contributed by atoms with Crippen LogP contribution in [-0.2, 0) is 13.2 Å². The molecule has 22 heavy (non-hydrogen) atoms. The number of ether oxygens (including phenoxy) is 1.